The van der Waals surface area contributed by atoms with Gasteiger partial charge in [0.25, 0.3) is 0 Å². The number of aromatic nitrogens is 2. The molecule has 4 nitrogen and oxygen atoms in total. The fourth-order valence-electron chi connectivity index (χ4n) is 0.652. The van der Waals surface area contributed by atoms with Crippen LogP contribution < -0.4 is 10.5 Å². The molecule has 0 aliphatic rings. The predicted octanol–water partition coefficient (Wildman–Crippen LogP) is 1.11. The standard InChI is InChI=1S/C6H8ClN3O/c1-2-11-5-4(8)3-9-10-6(5)7/h3H,2H2,1H3,(H2,8,10). The molecule has 1 rings (SSSR count). The fraction of sp³-hybridized carbons (Fsp3) is 0.333. The predicted molar refractivity (Wildman–Crippen MR) is 42.6 cm³/mol. The Hall–Kier alpha value is -1.03. The fourth-order valence-corrected chi connectivity index (χ4v) is 0.859. The van der Waals surface area contributed by atoms with E-state index in [0.29, 0.717) is 18.0 Å². The molecule has 1 aromatic rings. The maximum Gasteiger partial charge on any atom is 0.195 e. The van der Waals surface area contributed by atoms with Crippen molar-refractivity contribution in [2.24, 2.45) is 0 Å². The summed E-state index contributed by atoms with van der Waals surface area (Å²) in [7, 11) is 0. The molecule has 0 unspecified atom stereocenters. The Balaban J connectivity index is 3.00. The van der Waals surface area contributed by atoms with Crippen LogP contribution in [0.15, 0.2) is 6.20 Å². The summed E-state index contributed by atoms with van der Waals surface area (Å²) in [6.45, 7) is 2.35. The van der Waals surface area contributed by atoms with Crippen LogP contribution in [-0.2, 0) is 0 Å². The van der Waals surface area contributed by atoms with Crippen molar-refractivity contribution in [3.8, 4) is 5.75 Å². The third-order valence-electron chi connectivity index (χ3n) is 1.08. The van der Waals surface area contributed by atoms with Crippen LogP contribution in [0, 0.1) is 0 Å². The Labute approximate surface area is 69.3 Å². The first kappa shape index (κ1) is 8.07. The second-order valence-electron chi connectivity index (χ2n) is 1.85. The van der Waals surface area contributed by atoms with E-state index in [0.717, 1.165) is 0 Å². The van der Waals surface area contributed by atoms with Crippen molar-refractivity contribution in [2.45, 2.75) is 6.92 Å². The van der Waals surface area contributed by atoms with Crippen LogP contribution in [0.25, 0.3) is 0 Å². The van der Waals surface area contributed by atoms with E-state index < -0.39 is 0 Å². The van der Waals surface area contributed by atoms with Gasteiger partial charge in [0.15, 0.2) is 10.9 Å². The lowest BCUT2D eigenvalue weighted by atomic mass is 10.4. The molecule has 0 saturated heterocycles. The van der Waals surface area contributed by atoms with Gasteiger partial charge in [0, 0.05) is 0 Å². The molecule has 0 aromatic carbocycles. The summed E-state index contributed by atoms with van der Waals surface area (Å²) in [5.41, 5.74) is 5.90. The number of nitrogen functional groups attached to an aromatic ring is 1. The minimum absolute atomic E-state index is 0.201. The molecule has 1 aromatic heterocycles. The number of nitrogens with two attached hydrogens (primary N) is 1. The van der Waals surface area contributed by atoms with E-state index in [1.54, 1.807) is 0 Å². The number of halogens is 1. The molecular formula is C6H8ClN3O. The SMILES string of the molecule is CCOc1c(N)cnnc1Cl. The summed E-state index contributed by atoms with van der Waals surface area (Å²) in [4.78, 5) is 0. The highest BCUT2D eigenvalue weighted by Gasteiger charge is 2.05. The molecule has 0 saturated carbocycles. The van der Waals surface area contributed by atoms with Gasteiger partial charge in [-0.1, -0.05) is 11.6 Å². The molecule has 0 amide bonds. The summed E-state index contributed by atoms with van der Waals surface area (Å²) < 4.78 is 5.11. The van der Waals surface area contributed by atoms with Gasteiger partial charge in [-0.15, -0.1) is 5.10 Å². The molecule has 0 spiro atoms. The first-order valence-corrected chi connectivity index (χ1v) is 3.53. The minimum Gasteiger partial charge on any atom is -0.488 e. The van der Waals surface area contributed by atoms with Crippen LogP contribution in [0.4, 0.5) is 5.69 Å². The van der Waals surface area contributed by atoms with Crippen molar-refractivity contribution in [1.29, 1.82) is 0 Å². The van der Waals surface area contributed by atoms with Gasteiger partial charge in [-0.3, -0.25) is 0 Å². The van der Waals surface area contributed by atoms with E-state index in [1.807, 2.05) is 6.92 Å². The molecule has 0 aliphatic carbocycles. The van der Waals surface area contributed by atoms with Gasteiger partial charge >= 0.3 is 0 Å². The Kier molecular flexibility index (Phi) is 2.48. The molecule has 0 aliphatic heterocycles. The minimum atomic E-state index is 0.201. The van der Waals surface area contributed by atoms with Gasteiger partial charge in [0.05, 0.1) is 18.5 Å². The second kappa shape index (κ2) is 3.39. The normalized spacial score (nSPS) is 9.64. The van der Waals surface area contributed by atoms with Crippen molar-refractivity contribution < 1.29 is 4.74 Å². The van der Waals surface area contributed by atoms with Crippen LogP contribution in [0.3, 0.4) is 0 Å². The number of ether oxygens (including phenoxy) is 1. The zero-order chi connectivity index (χ0) is 8.27. The second-order valence-corrected chi connectivity index (χ2v) is 2.21. The highest BCUT2D eigenvalue weighted by Crippen LogP contribution is 2.26. The topological polar surface area (TPSA) is 61.0 Å². The number of nitrogens with zero attached hydrogens (tertiary/aromatic N) is 2. The number of anilines is 1. The third-order valence-corrected chi connectivity index (χ3v) is 1.33. The summed E-state index contributed by atoms with van der Waals surface area (Å²) >= 11 is 5.63. The third kappa shape index (κ3) is 1.71. The Morgan fingerprint density at radius 1 is 1.73 bits per heavy atom. The summed E-state index contributed by atoms with van der Waals surface area (Å²) in [5.74, 6) is 0.407. The monoisotopic (exact) mass is 173 g/mol. The quantitative estimate of drug-likeness (QED) is 0.728. The first-order valence-electron chi connectivity index (χ1n) is 3.15. The first-order chi connectivity index (χ1) is 5.25. The number of hydrogen-bond donors (Lipinski definition) is 1. The van der Waals surface area contributed by atoms with E-state index in [9.17, 15) is 0 Å². The lowest BCUT2D eigenvalue weighted by molar-refractivity contribution is 0.340. The van der Waals surface area contributed by atoms with Crippen LogP contribution in [0.1, 0.15) is 6.92 Å². The maximum absolute atomic E-state index is 5.63. The van der Waals surface area contributed by atoms with Gasteiger partial charge in [0.2, 0.25) is 0 Å². The van der Waals surface area contributed by atoms with Gasteiger partial charge in [-0.05, 0) is 6.92 Å². The molecule has 0 radical (unpaired) electrons. The zero-order valence-electron chi connectivity index (χ0n) is 6.04. The largest absolute Gasteiger partial charge is 0.488 e. The molecule has 0 atom stereocenters. The van der Waals surface area contributed by atoms with E-state index in [4.69, 9.17) is 22.1 Å². The van der Waals surface area contributed by atoms with Gasteiger partial charge in [-0.2, -0.15) is 5.10 Å². The van der Waals surface area contributed by atoms with Crippen LogP contribution >= 0.6 is 11.6 Å². The van der Waals surface area contributed by atoms with Gasteiger partial charge < -0.3 is 10.5 Å². The molecule has 2 N–H and O–H groups in total. The molecule has 0 bridgehead atoms. The Morgan fingerprint density at radius 2 is 2.45 bits per heavy atom. The van der Waals surface area contributed by atoms with Crippen molar-refractivity contribution >= 4 is 17.3 Å². The van der Waals surface area contributed by atoms with Crippen molar-refractivity contribution in [1.82, 2.24) is 10.2 Å². The Morgan fingerprint density at radius 3 is 3.00 bits per heavy atom. The van der Waals surface area contributed by atoms with Crippen molar-refractivity contribution in [3.05, 3.63) is 11.3 Å². The summed E-state index contributed by atoms with van der Waals surface area (Å²) in [6.07, 6.45) is 1.40. The highest BCUT2D eigenvalue weighted by molar-refractivity contribution is 6.31. The van der Waals surface area contributed by atoms with Gasteiger partial charge in [0.1, 0.15) is 0 Å². The summed E-state index contributed by atoms with van der Waals surface area (Å²) in [6, 6.07) is 0. The van der Waals surface area contributed by atoms with E-state index in [1.165, 1.54) is 6.20 Å². The molecule has 11 heavy (non-hydrogen) atoms. The molecule has 5 heteroatoms. The number of hydrogen-bond acceptors (Lipinski definition) is 4. The van der Waals surface area contributed by atoms with E-state index >= 15 is 0 Å². The smallest absolute Gasteiger partial charge is 0.195 e. The van der Waals surface area contributed by atoms with Crippen LogP contribution in [-0.4, -0.2) is 16.8 Å². The van der Waals surface area contributed by atoms with Gasteiger partial charge in [-0.25, -0.2) is 0 Å². The number of rotatable bonds is 2. The summed E-state index contributed by atoms with van der Waals surface area (Å²) in [5, 5.41) is 7.31. The lowest BCUT2D eigenvalue weighted by Crippen LogP contribution is -1.99. The van der Waals surface area contributed by atoms with E-state index in [2.05, 4.69) is 10.2 Å². The van der Waals surface area contributed by atoms with Crippen LogP contribution in [0.2, 0.25) is 5.15 Å². The molecule has 0 fully saturated rings. The lowest BCUT2D eigenvalue weighted by Gasteiger charge is -2.05. The Bertz CT molecular complexity index is 233. The van der Waals surface area contributed by atoms with E-state index in [-0.39, 0.29) is 5.15 Å². The maximum atomic E-state index is 5.63. The average molecular weight is 174 g/mol. The average Bonchev–Trinajstić information content (AvgIpc) is 1.97. The molecule has 1 heterocycles. The van der Waals surface area contributed by atoms with Crippen LogP contribution in [0.5, 0.6) is 5.75 Å². The van der Waals surface area contributed by atoms with Crippen molar-refractivity contribution in [3.63, 3.8) is 0 Å². The van der Waals surface area contributed by atoms with Crippen molar-refractivity contribution in [2.75, 3.05) is 12.3 Å². The molecule has 60 valence electrons. The zero-order valence-corrected chi connectivity index (χ0v) is 6.80. The highest BCUT2D eigenvalue weighted by atomic mass is 35.5. The molecular weight excluding hydrogens is 166 g/mol.